The average Bonchev–Trinajstić information content (AvgIpc) is 2.85. The van der Waals surface area contributed by atoms with Gasteiger partial charge in [0.05, 0.1) is 6.54 Å². The molecule has 1 aromatic heterocycles. The van der Waals surface area contributed by atoms with Gasteiger partial charge in [0.2, 0.25) is 0 Å². The zero-order chi connectivity index (χ0) is 14.1. The second-order valence-electron chi connectivity index (χ2n) is 4.36. The van der Waals surface area contributed by atoms with Crippen LogP contribution in [0.2, 0.25) is 0 Å². The Kier molecular flexibility index (Phi) is 3.10. The number of anilines is 1. The van der Waals surface area contributed by atoms with Crippen molar-refractivity contribution in [2.75, 3.05) is 5.32 Å². The molecular weight excluding hydrogens is 267 g/mol. The normalized spacial score (nSPS) is 10.9. The van der Waals surface area contributed by atoms with Crippen molar-refractivity contribution in [3.05, 3.63) is 65.7 Å². The molecule has 2 nitrogen and oxygen atoms in total. The van der Waals surface area contributed by atoms with Crippen molar-refractivity contribution in [1.82, 2.24) is 0 Å². The SMILES string of the molecule is Fc1cc(NCc2cc3ccccc3o2)cc(F)c1F. The molecule has 1 heterocycles. The largest absolute Gasteiger partial charge is 0.459 e. The molecule has 0 unspecified atom stereocenters. The van der Waals surface area contributed by atoms with Gasteiger partial charge in [-0.15, -0.1) is 0 Å². The molecule has 0 radical (unpaired) electrons. The minimum atomic E-state index is -1.47. The Balaban J connectivity index is 1.79. The number of halogens is 3. The molecule has 3 aromatic rings. The van der Waals surface area contributed by atoms with E-state index in [0.29, 0.717) is 5.76 Å². The molecule has 20 heavy (non-hydrogen) atoms. The minimum Gasteiger partial charge on any atom is -0.459 e. The monoisotopic (exact) mass is 277 g/mol. The molecule has 0 bridgehead atoms. The van der Waals surface area contributed by atoms with E-state index >= 15 is 0 Å². The van der Waals surface area contributed by atoms with Crippen molar-refractivity contribution in [3.8, 4) is 0 Å². The van der Waals surface area contributed by atoms with Crippen LogP contribution in [0.25, 0.3) is 11.0 Å². The summed E-state index contributed by atoms with van der Waals surface area (Å²) in [5.74, 6) is -3.30. The van der Waals surface area contributed by atoms with E-state index in [1.807, 2.05) is 30.3 Å². The summed E-state index contributed by atoms with van der Waals surface area (Å²) in [4.78, 5) is 0. The van der Waals surface area contributed by atoms with Gasteiger partial charge in [-0.25, -0.2) is 13.2 Å². The molecule has 0 aliphatic carbocycles. The summed E-state index contributed by atoms with van der Waals surface area (Å²) >= 11 is 0. The zero-order valence-electron chi connectivity index (χ0n) is 10.3. The first-order valence-corrected chi connectivity index (χ1v) is 5.99. The molecule has 0 aliphatic rings. The molecule has 0 amide bonds. The lowest BCUT2D eigenvalue weighted by molar-refractivity contribution is 0.447. The lowest BCUT2D eigenvalue weighted by atomic mass is 10.2. The number of hydrogen-bond acceptors (Lipinski definition) is 2. The molecule has 102 valence electrons. The zero-order valence-corrected chi connectivity index (χ0v) is 10.3. The molecule has 0 fully saturated rings. The van der Waals surface area contributed by atoms with E-state index in [4.69, 9.17) is 4.42 Å². The van der Waals surface area contributed by atoms with Crippen molar-refractivity contribution in [2.45, 2.75) is 6.54 Å². The van der Waals surface area contributed by atoms with Gasteiger partial charge in [0.25, 0.3) is 0 Å². The number of nitrogens with one attached hydrogen (secondary N) is 1. The third-order valence-electron chi connectivity index (χ3n) is 2.93. The number of para-hydroxylation sites is 1. The van der Waals surface area contributed by atoms with Gasteiger partial charge >= 0.3 is 0 Å². The summed E-state index contributed by atoms with van der Waals surface area (Å²) in [7, 11) is 0. The van der Waals surface area contributed by atoms with Gasteiger partial charge in [0, 0.05) is 23.2 Å². The Morgan fingerprint density at radius 2 is 1.65 bits per heavy atom. The number of rotatable bonds is 3. The predicted octanol–water partition coefficient (Wildman–Crippen LogP) is 4.46. The smallest absolute Gasteiger partial charge is 0.194 e. The molecule has 1 N–H and O–H groups in total. The number of benzene rings is 2. The Bertz CT molecular complexity index is 711. The third-order valence-corrected chi connectivity index (χ3v) is 2.93. The van der Waals surface area contributed by atoms with Gasteiger partial charge in [-0.3, -0.25) is 0 Å². The van der Waals surface area contributed by atoms with Crippen molar-refractivity contribution in [3.63, 3.8) is 0 Å². The van der Waals surface area contributed by atoms with Gasteiger partial charge < -0.3 is 9.73 Å². The van der Waals surface area contributed by atoms with E-state index in [9.17, 15) is 13.2 Å². The van der Waals surface area contributed by atoms with Crippen LogP contribution in [0, 0.1) is 17.5 Å². The van der Waals surface area contributed by atoms with Gasteiger partial charge in [0.1, 0.15) is 11.3 Å². The Morgan fingerprint density at radius 1 is 0.950 bits per heavy atom. The summed E-state index contributed by atoms with van der Waals surface area (Å²) in [6, 6.07) is 11.1. The highest BCUT2D eigenvalue weighted by molar-refractivity contribution is 5.77. The topological polar surface area (TPSA) is 25.2 Å². The minimum absolute atomic E-state index is 0.154. The molecule has 3 rings (SSSR count). The first-order valence-electron chi connectivity index (χ1n) is 5.99. The fraction of sp³-hybridized carbons (Fsp3) is 0.0667. The standard InChI is InChI=1S/C15H10F3NO/c16-12-6-10(7-13(17)15(12)18)19-8-11-5-9-3-1-2-4-14(9)20-11/h1-7,19H,8H2. The van der Waals surface area contributed by atoms with Crippen molar-refractivity contribution in [2.24, 2.45) is 0 Å². The second kappa shape index (κ2) is 4.92. The summed E-state index contributed by atoms with van der Waals surface area (Å²) in [5, 5.41) is 3.74. The van der Waals surface area contributed by atoms with Crippen LogP contribution in [-0.4, -0.2) is 0 Å². The van der Waals surface area contributed by atoms with Crippen LogP contribution < -0.4 is 5.32 Å². The summed E-state index contributed by atoms with van der Waals surface area (Å²) < 4.78 is 44.5. The van der Waals surface area contributed by atoms with E-state index in [-0.39, 0.29) is 12.2 Å². The van der Waals surface area contributed by atoms with Gasteiger partial charge in [-0.2, -0.15) is 0 Å². The summed E-state index contributed by atoms with van der Waals surface area (Å²) in [6.45, 7) is 0.249. The Morgan fingerprint density at radius 3 is 2.35 bits per heavy atom. The maximum absolute atomic E-state index is 13.1. The van der Waals surface area contributed by atoms with E-state index < -0.39 is 17.5 Å². The van der Waals surface area contributed by atoms with Crippen LogP contribution in [0.15, 0.2) is 46.9 Å². The maximum Gasteiger partial charge on any atom is 0.194 e. The fourth-order valence-electron chi connectivity index (χ4n) is 1.97. The molecule has 2 aromatic carbocycles. The van der Waals surface area contributed by atoms with Gasteiger partial charge in [-0.1, -0.05) is 18.2 Å². The van der Waals surface area contributed by atoms with E-state index in [2.05, 4.69) is 5.32 Å². The van der Waals surface area contributed by atoms with Crippen LogP contribution >= 0.6 is 0 Å². The second-order valence-corrected chi connectivity index (χ2v) is 4.36. The Labute approximate surface area is 112 Å². The van der Waals surface area contributed by atoms with E-state index in [0.717, 1.165) is 23.1 Å². The van der Waals surface area contributed by atoms with Crippen LogP contribution in [0.3, 0.4) is 0 Å². The highest BCUT2D eigenvalue weighted by atomic mass is 19.2. The highest BCUT2D eigenvalue weighted by Gasteiger charge is 2.10. The van der Waals surface area contributed by atoms with Crippen molar-refractivity contribution < 1.29 is 17.6 Å². The number of furan rings is 1. The molecule has 0 saturated carbocycles. The average molecular weight is 277 g/mol. The number of hydrogen-bond donors (Lipinski definition) is 1. The third kappa shape index (κ3) is 2.34. The van der Waals surface area contributed by atoms with E-state index in [1.54, 1.807) is 0 Å². The summed E-state index contributed by atoms with van der Waals surface area (Å²) in [5.41, 5.74) is 0.891. The van der Waals surface area contributed by atoms with E-state index in [1.165, 1.54) is 0 Å². The maximum atomic E-state index is 13.1. The quantitative estimate of drug-likeness (QED) is 0.715. The first-order chi connectivity index (χ1) is 9.63. The predicted molar refractivity (Wildman–Crippen MR) is 69.9 cm³/mol. The summed E-state index contributed by atoms with van der Waals surface area (Å²) in [6.07, 6.45) is 0. The lowest BCUT2D eigenvalue weighted by Crippen LogP contribution is -2.01. The van der Waals surface area contributed by atoms with Crippen molar-refractivity contribution >= 4 is 16.7 Å². The fourth-order valence-corrected chi connectivity index (χ4v) is 1.97. The van der Waals surface area contributed by atoms with Gasteiger partial charge in [0.15, 0.2) is 17.5 Å². The molecule has 5 heteroatoms. The van der Waals surface area contributed by atoms with Crippen molar-refractivity contribution in [1.29, 1.82) is 0 Å². The lowest BCUT2D eigenvalue weighted by Gasteiger charge is -2.05. The Hall–Kier alpha value is -2.43. The molecule has 0 atom stereocenters. The van der Waals surface area contributed by atoms with Crippen LogP contribution in [0.1, 0.15) is 5.76 Å². The number of fused-ring (bicyclic) bond motifs is 1. The first kappa shape index (κ1) is 12.6. The molecule has 0 spiro atoms. The molecular formula is C15H10F3NO. The molecule has 0 aliphatic heterocycles. The van der Waals surface area contributed by atoms with Crippen LogP contribution in [0.5, 0.6) is 0 Å². The highest BCUT2D eigenvalue weighted by Crippen LogP contribution is 2.21. The van der Waals surface area contributed by atoms with Crippen LogP contribution in [-0.2, 0) is 6.54 Å². The van der Waals surface area contributed by atoms with Crippen LogP contribution in [0.4, 0.5) is 18.9 Å². The van der Waals surface area contributed by atoms with Gasteiger partial charge in [-0.05, 0) is 12.1 Å². The molecule has 0 saturated heterocycles.